The van der Waals surface area contributed by atoms with Crippen molar-refractivity contribution in [3.05, 3.63) is 27.1 Å². The number of carbonyl (C=O) groups is 1. The number of nitrogens with one attached hydrogen (secondary N) is 3. The first-order chi connectivity index (χ1) is 8.13. The number of aromatic amines is 1. The van der Waals surface area contributed by atoms with E-state index < -0.39 is 0 Å². The summed E-state index contributed by atoms with van der Waals surface area (Å²) in [5, 5.41) is 5.39. The number of H-pyrrole nitrogens is 1. The molecule has 0 unspecified atom stereocenters. The molecule has 1 rings (SSSR count). The number of rotatable bonds is 6. The summed E-state index contributed by atoms with van der Waals surface area (Å²) >= 11 is 3.21. The second-order valence-electron chi connectivity index (χ2n) is 3.28. The quantitative estimate of drug-likeness (QED) is 0.661. The van der Waals surface area contributed by atoms with E-state index in [0.29, 0.717) is 17.6 Å². The maximum Gasteiger partial charge on any atom is 0.271 e. The minimum absolute atomic E-state index is 0.134. The lowest BCUT2D eigenvalue weighted by Gasteiger charge is -2.05. The van der Waals surface area contributed by atoms with Crippen molar-refractivity contribution >= 4 is 27.5 Å². The van der Waals surface area contributed by atoms with Crippen LogP contribution in [0.2, 0.25) is 0 Å². The standard InChI is InChI=1S/C10H14BrN3O3/c1-17-3-2-12-6-9(15)14-8-4-7(11)5-13-10(8)16/h4-5,12H,2-3,6H2,1H3,(H,13,16)(H,14,15). The van der Waals surface area contributed by atoms with Gasteiger partial charge in [-0.3, -0.25) is 9.59 Å². The third-order valence-corrected chi connectivity index (χ3v) is 2.37. The first-order valence-corrected chi connectivity index (χ1v) is 5.80. The Morgan fingerprint density at radius 2 is 2.35 bits per heavy atom. The number of halogens is 1. The van der Waals surface area contributed by atoms with E-state index in [1.807, 2.05) is 0 Å². The molecule has 0 aliphatic heterocycles. The molecule has 0 aromatic carbocycles. The van der Waals surface area contributed by atoms with Crippen LogP contribution in [0.5, 0.6) is 0 Å². The van der Waals surface area contributed by atoms with E-state index in [1.165, 1.54) is 6.20 Å². The van der Waals surface area contributed by atoms with Gasteiger partial charge >= 0.3 is 0 Å². The Bertz CT molecular complexity index is 433. The second kappa shape index (κ2) is 7.21. The molecule has 0 radical (unpaired) electrons. The van der Waals surface area contributed by atoms with Crippen molar-refractivity contribution in [1.82, 2.24) is 10.3 Å². The van der Waals surface area contributed by atoms with Gasteiger partial charge in [0.05, 0.1) is 13.2 Å². The predicted molar refractivity (Wildman–Crippen MR) is 68.1 cm³/mol. The summed E-state index contributed by atoms with van der Waals surface area (Å²) in [5.74, 6) is -0.273. The van der Waals surface area contributed by atoms with Crippen molar-refractivity contribution in [2.24, 2.45) is 0 Å². The normalized spacial score (nSPS) is 10.2. The van der Waals surface area contributed by atoms with Crippen LogP contribution in [0.15, 0.2) is 21.5 Å². The van der Waals surface area contributed by atoms with Gasteiger partial charge in [0.1, 0.15) is 5.69 Å². The second-order valence-corrected chi connectivity index (χ2v) is 4.19. The molecule has 0 saturated heterocycles. The molecule has 0 saturated carbocycles. The van der Waals surface area contributed by atoms with Gasteiger partial charge in [0, 0.05) is 24.3 Å². The van der Waals surface area contributed by atoms with E-state index >= 15 is 0 Å². The highest BCUT2D eigenvalue weighted by atomic mass is 79.9. The van der Waals surface area contributed by atoms with Crippen LogP contribution in [0.4, 0.5) is 5.69 Å². The van der Waals surface area contributed by atoms with Gasteiger partial charge in [0.15, 0.2) is 0 Å². The summed E-state index contributed by atoms with van der Waals surface area (Å²) in [6.45, 7) is 1.25. The molecule has 0 spiro atoms. The number of pyridine rings is 1. The summed E-state index contributed by atoms with van der Waals surface area (Å²) < 4.78 is 5.52. The predicted octanol–water partition coefficient (Wildman–Crippen LogP) is 0.312. The van der Waals surface area contributed by atoms with Crippen LogP contribution in [0, 0.1) is 0 Å². The molecule has 7 heteroatoms. The molecule has 0 bridgehead atoms. The Balaban J connectivity index is 2.45. The van der Waals surface area contributed by atoms with E-state index in [9.17, 15) is 9.59 Å². The van der Waals surface area contributed by atoms with Crippen LogP contribution in [0.1, 0.15) is 0 Å². The Hall–Kier alpha value is -1.18. The van der Waals surface area contributed by atoms with Crippen LogP contribution in [0.3, 0.4) is 0 Å². The highest BCUT2D eigenvalue weighted by Crippen LogP contribution is 2.09. The number of methoxy groups -OCH3 is 1. The molecule has 1 amide bonds. The lowest BCUT2D eigenvalue weighted by atomic mass is 10.4. The maximum absolute atomic E-state index is 11.5. The molecule has 0 aliphatic rings. The Labute approximate surface area is 107 Å². The minimum atomic E-state index is -0.335. The Kier molecular flexibility index (Phi) is 5.88. The van der Waals surface area contributed by atoms with E-state index in [4.69, 9.17) is 4.74 Å². The van der Waals surface area contributed by atoms with E-state index in [-0.39, 0.29) is 23.7 Å². The van der Waals surface area contributed by atoms with Gasteiger partial charge in [-0.15, -0.1) is 0 Å². The molecular formula is C10H14BrN3O3. The molecule has 0 fully saturated rings. The van der Waals surface area contributed by atoms with Crippen molar-refractivity contribution in [3.63, 3.8) is 0 Å². The smallest absolute Gasteiger partial charge is 0.271 e. The molecule has 1 aromatic heterocycles. The first-order valence-electron chi connectivity index (χ1n) is 5.01. The summed E-state index contributed by atoms with van der Waals surface area (Å²) in [7, 11) is 1.59. The van der Waals surface area contributed by atoms with E-state index in [0.717, 1.165) is 0 Å². The van der Waals surface area contributed by atoms with Gasteiger partial charge in [0.2, 0.25) is 5.91 Å². The highest BCUT2D eigenvalue weighted by Gasteiger charge is 2.05. The van der Waals surface area contributed by atoms with Gasteiger partial charge in [-0.25, -0.2) is 0 Å². The van der Waals surface area contributed by atoms with Gasteiger partial charge in [-0.1, -0.05) is 0 Å². The molecule has 1 aromatic rings. The highest BCUT2D eigenvalue weighted by molar-refractivity contribution is 9.10. The fourth-order valence-corrected chi connectivity index (χ4v) is 1.46. The maximum atomic E-state index is 11.5. The SMILES string of the molecule is COCCNCC(=O)Nc1cc(Br)c[nH]c1=O. The topological polar surface area (TPSA) is 83.2 Å². The summed E-state index contributed by atoms with van der Waals surface area (Å²) in [6, 6.07) is 1.55. The number of carbonyl (C=O) groups excluding carboxylic acids is 1. The zero-order valence-corrected chi connectivity index (χ0v) is 11.0. The minimum Gasteiger partial charge on any atom is -0.383 e. The van der Waals surface area contributed by atoms with Crippen LogP contribution < -0.4 is 16.2 Å². The Morgan fingerprint density at radius 3 is 3.06 bits per heavy atom. The number of amides is 1. The van der Waals surface area contributed by atoms with Gasteiger partial charge in [-0.2, -0.15) is 0 Å². The first kappa shape index (κ1) is 13.9. The van der Waals surface area contributed by atoms with Crippen LogP contribution in [-0.4, -0.2) is 37.7 Å². The zero-order chi connectivity index (χ0) is 12.7. The number of ether oxygens (including phenoxy) is 1. The summed E-state index contributed by atoms with van der Waals surface area (Å²) in [6.07, 6.45) is 1.51. The third-order valence-electron chi connectivity index (χ3n) is 1.91. The summed E-state index contributed by atoms with van der Waals surface area (Å²) in [4.78, 5) is 25.3. The van der Waals surface area contributed by atoms with Crippen molar-refractivity contribution in [3.8, 4) is 0 Å². The molecule has 0 aliphatic carbocycles. The van der Waals surface area contributed by atoms with Crippen molar-refractivity contribution < 1.29 is 9.53 Å². The zero-order valence-electron chi connectivity index (χ0n) is 9.38. The van der Waals surface area contributed by atoms with Crippen LogP contribution in [-0.2, 0) is 9.53 Å². The number of aromatic nitrogens is 1. The number of anilines is 1. The van der Waals surface area contributed by atoms with Gasteiger partial charge < -0.3 is 20.4 Å². The molecule has 3 N–H and O–H groups in total. The van der Waals surface area contributed by atoms with Crippen LogP contribution in [0.25, 0.3) is 0 Å². The largest absolute Gasteiger partial charge is 0.383 e. The van der Waals surface area contributed by atoms with Crippen molar-refractivity contribution in [2.75, 3.05) is 32.1 Å². The average molecular weight is 304 g/mol. The summed E-state index contributed by atoms with van der Waals surface area (Å²) in [5.41, 5.74) is -0.114. The molecular weight excluding hydrogens is 290 g/mol. The van der Waals surface area contributed by atoms with E-state index in [1.54, 1.807) is 13.2 Å². The fraction of sp³-hybridized carbons (Fsp3) is 0.400. The monoisotopic (exact) mass is 303 g/mol. The third kappa shape index (κ3) is 5.12. The molecule has 0 atom stereocenters. The molecule has 17 heavy (non-hydrogen) atoms. The lowest BCUT2D eigenvalue weighted by molar-refractivity contribution is -0.115. The molecule has 6 nitrogen and oxygen atoms in total. The van der Waals surface area contributed by atoms with Gasteiger partial charge in [0.25, 0.3) is 5.56 Å². The molecule has 1 heterocycles. The van der Waals surface area contributed by atoms with Crippen molar-refractivity contribution in [1.29, 1.82) is 0 Å². The average Bonchev–Trinajstić information content (AvgIpc) is 2.29. The van der Waals surface area contributed by atoms with E-state index in [2.05, 4.69) is 31.5 Å². The van der Waals surface area contributed by atoms with Gasteiger partial charge in [-0.05, 0) is 22.0 Å². The number of hydrogen-bond donors (Lipinski definition) is 3. The molecule has 94 valence electrons. The number of hydrogen-bond acceptors (Lipinski definition) is 4. The Morgan fingerprint density at radius 1 is 1.59 bits per heavy atom. The van der Waals surface area contributed by atoms with Crippen molar-refractivity contribution in [2.45, 2.75) is 0 Å². The van der Waals surface area contributed by atoms with Crippen LogP contribution >= 0.6 is 15.9 Å². The lowest BCUT2D eigenvalue weighted by Crippen LogP contribution is -2.31. The fourth-order valence-electron chi connectivity index (χ4n) is 1.12.